The van der Waals surface area contributed by atoms with Crippen LogP contribution in [0.3, 0.4) is 0 Å². The first-order valence-corrected chi connectivity index (χ1v) is 5.07. The zero-order chi connectivity index (χ0) is 10.3. The Kier molecular flexibility index (Phi) is 2.41. The molecule has 1 heterocycles. The molecule has 2 rings (SSSR count). The predicted octanol–water partition coefficient (Wildman–Crippen LogP) is 2.52. The van der Waals surface area contributed by atoms with Gasteiger partial charge in [-0.3, -0.25) is 0 Å². The molecule has 1 aliphatic rings. The number of pyridine rings is 1. The highest BCUT2D eigenvalue weighted by atomic mass is 35.5. The monoisotopic (exact) mass is 234 g/mol. The predicted molar refractivity (Wildman–Crippen MR) is 54.2 cm³/mol. The topological polar surface area (TPSA) is 38.9 Å². The summed E-state index contributed by atoms with van der Waals surface area (Å²) in [4.78, 5) is 3.73. The van der Waals surface area contributed by atoms with Gasteiger partial charge in [-0.05, 0) is 24.5 Å². The molecule has 1 saturated carbocycles. The quantitative estimate of drug-likeness (QED) is 0.800. The molecule has 1 aromatic rings. The van der Waals surface area contributed by atoms with Gasteiger partial charge in [0.25, 0.3) is 0 Å². The summed E-state index contributed by atoms with van der Waals surface area (Å²) in [5, 5.41) is 0.0749. The van der Waals surface area contributed by atoms with Gasteiger partial charge in [0.15, 0.2) is 11.0 Å². The molecule has 76 valence electrons. The fourth-order valence-corrected chi connectivity index (χ4v) is 2.07. The summed E-state index contributed by atoms with van der Waals surface area (Å²) in [7, 11) is 0. The molecule has 0 unspecified atom stereocenters. The zero-order valence-electron chi connectivity index (χ0n) is 7.36. The fraction of sp³-hybridized carbons (Fsp3) is 0.444. The maximum atomic E-state index is 13.2. The van der Waals surface area contributed by atoms with Crippen LogP contribution >= 0.6 is 23.2 Å². The van der Waals surface area contributed by atoms with Crippen LogP contribution < -0.4 is 5.73 Å². The van der Waals surface area contributed by atoms with Crippen molar-refractivity contribution in [2.75, 3.05) is 6.54 Å². The van der Waals surface area contributed by atoms with E-state index in [0.717, 1.165) is 12.8 Å². The second-order valence-corrected chi connectivity index (χ2v) is 4.30. The fourth-order valence-electron chi connectivity index (χ4n) is 1.55. The van der Waals surface area contributed by atoms with Gasteiger partial charge in [-0.25, -0.2) is 9.37 Å². The average molecular weight is 235 g/mol. The lowest BCUT2D eigenvalue weighted by Crippen LogP contribution is -2.20. The first-order valence-electron chi connectivity index (χ1n) is 4.31. The minimum atomic E-state index is -0.536. The molecular weight excluding hydrogens is 226 g/mol. The van der Waals surface area contributed by atoms with Gasteiger partial charge in [0.1, 0.15) is 5.15 Å². The Balaban J connectivity index is 2.49. The normalized spacial score (nSPS) is 18.3. The maximum Gasteiger partial charge on any atom is 0.166 e. The molecule has 0 aliphatic heterocycles. The molecule has 1 aliphatic carbocycles. The lowest BCUT2D eigenvalue weighted by Gasteiger charge is -2.14. The lowest BCUT2D eigenvalue weighted by atomic mass is 9.98. The first kappa shape index (κ1) is 10.1. The lowest BCUT2D eigenvalue weighted by molar-refractivity contribution is 0.608. The van der Waals surface area contributed by atoms with Crippen LogP contribution in [0, 0.1) is 5.82 Å². The van der Waals surface area contributed by atoms with Crippen molar-refractivity contribution in [2.45, 2.75) is 18.3 Å². The summed E-state index contributed by atoms with van der Waals surface area (Å²) in [5.41, 5.74) is 6.14. The second kappa shape index (κ2) is 3.33. The van der Waals surface area contributed by atoms with Crippen LogP contribution in [0.1, 0.15) is 18.4 Å². The summed E-state index contributed by atoms with van der Waals surface area (Å²) < 4.78 is 13.2. The molecule has 0 saturated heterocycles. The Morgan fingerprint density at radius 3 is 2.57 bits per heavy atom. The van der Waals surface area contributed by atoms with E-state index in [4.69, 9.17) is 28.9 Å². The van der Waals surface area contributed by atoms with Gasteiger partial charge >= 0.3 is 0 Å². The molecule has 2 N–H and O–H groups in total. The number of halogens is 3. The molecule has 1 fully saturated rings. The van der Waals surface area contributed by atoms with E-state index in [1.165, 1.54) is 6.07 Å². The number of nitrogens with two attached hydrogens (primary N) is 1. The highest BCUT2D eigenvalue weighted by Gasteiger charge is 2.45. The van der Waals surface area contributed by atoms with E-state index >= 15 is 0 Å². The van der Waals surface area contributed by atoms with E-state index in [1.807, 2.05) is 0 Å². The minimum absolute atomic E-state index is 0.157. The van der Waals surface area contributed by atoms with E-state index in [1.54, 1.807) is 0 Å². The third kappa shape index (κ3) is 1.49. The maximum absolute atomic E-state index is 13.2. The van der Waals surface area contributed by atoms with Crippen LogP contribution in [-0.2, 0) is 5.41 Å². The van der Waals surface area contributed by atoms with E-state index in [2.05, 4.69) is 4.98 Å². The molecule has 14 heavy (non-hydrogen) atoms. The van der Waals surface area contributed by atoms with Crippen LogP contribution in [0.15, 0.2) is 6.07 Å². The summed E-state index contributed by atoms with van der Waals surface area (Å²) in [6.45, 7) is 0.468. The molecule has 0 amide bonds. The summed E-state index contributed by atoms with van der Waals surface area (Å²) in [6, 6.07) is 1.34. The van der Waals surface area contributed by atoms with E-state index in [9.17, 15) is 4.39 Å². The molecule has 0 aromatic carbocycles. The molecule has 5 heteroatoms. The van der Waals surface area contributed by atoms with Crippen molar-refractivity contribution in [2.24, 2.45) is 5.73 Å². The minimum Gasteiger partial charge on any atom is -0.330 e. The van der Waals surface area contributed by atoms with Crippen molar-refractivity contribution in [1.82, 2.24) is 4.98 Å². The third-order valence-electron chi connectivity index (χ3n) is 2.70. The molecule has 0 atom stereocenters. The molecule has 1 aromatic heterocycles. The molecular formula is C9H9Cl2FN2. The van der Waals surface area contributed by atoms with Gasteiger partial charge in [-0.1, -0.05) is 23.2 Å². The third-order valence-corrected chi connectivity index (χ3v) is 3.26. The summed E-state index contributed by atoms with van der Waals surface area (Å²) in [5.74, 6) is -0.536. The molecule has 0 bridgehead atoms. The van der Waals surface area contributed by atoms with Gasteiger partial charge in [-0.2, -0.15) is 0 Å². The van der Waals surface area contributed by atoms with Crippen LogP contribution in [0.2, 0.25) is 10.3 Å². The number of hydrogen-bond acceptors (Lipinski definition) is 2. The van der Waals surface area contributed by atoms with Crippen molar-refractivity contribution < 1.29 is 4.39 Å². The van der Waals surface area contributed by atoms with Crippen LogP contribution in [0.25, 0.3) is 0 Å². The Morgan fingerprint density at radius 1 is 1.43 bits per heavy atom. The van der Waals surface area contributed by atoms with Crippen molar-refractivity contribution in [3.8, 4) is 0 Å². The zero-order valence-corrected chi connectivity index (χ0v) is 8.87. The van der Waals surface area contributed by atoms with Crippen molar-refractivity contribution in [3.63, 3.8) is 0 Å². The van der Waals surface area contributed by atoms with E-state index in [-0.39, 0.29) is 15.7 Å². The Bertz CT molecular complexity index is 377. The number of aromatic nitrogens is 1. The van der Waals surface area contributed by atoms with Gasteiger partial charge in [0, 0.05) is 12.0 Å². The van der Waals surface area contributed by atoms with Crippen LogP contribution in [-0.4, -0.2) is 11.5 Å². The standard InChI is InChI=1S/C9H9Cl2FN2/c10-7-5(9(4-13)1-2-9)3-6(12)8(11)14-7/h3H,1-2,4,13H2. The number of nitrogens with zero attached hydrogens (tertiary/aromatic N) is 1. The van der Waals surface area contributed by atoms with Crippen molar-refractivity contribution in [3.05, 3.63) is 27.8 Å². The van der Waals surface area contributed by atoms with E-state index < -0.39 is 5.82 Å². The molecule has 2 nitrogen and oxygen atoms in total. The van der Waals surface area contributed by atoms with Crippen molar-refractivity contribution >= 4 is 23.2 Å². The van der Waals surface area contributed by atoms with Gasteiger partial charge in [0.05, 0.1) is 0 Å². The smallest absolute Gasteiger partial charge is 0.166 e. The highest BCUT2D eigenvalue weighted by molar-refractivity contribution is 6.33. The Labute approximate surface area is 91.2 Å². The van der Waals surface area contributed by atoms with Gasteiger partial charge in [-0.15, -0.1) is 0 Å². The Morgan fingerprint density at radius 2 is 2.07 bits per heavy atom. The van der Waals surface area contributed by atoms with Crippen LogP contribution in [0.4, 0.5) is 4.39 Å². The molecule has 0 radical (unpaired) electrons. The summed E-state index contributed by atoms with van der Waals surface area (Å²) >= 11 is 11.4. The largest absolute Gasteiger partial charge is 0.330 e. The van der Waals surface area contributed by atoms with E-state index in [0.29, 0.717) is 12.1 Å². The summed E-state index contributed by atoms with van der Waals surface area (Å²) in [6.07, 6.45) is 1.87. The number of rotatable bonds is 2. The first-order chi connectivity index (χ1) is 6.59. The van der Waals surface area contributed by atoms with Crippen LogP contribution in [0.5, 0.6) is 0 Å². The Hall–Kier alpha value is -0.380. The van der Waals surface area contributed by atoms with Gasteiger partial charge < -0.3 is 5.73 Å². The second-order valence-electron chi connectivity index (χ2n) is 3.58. The SMILES string of the molecule is NCC1(c2cc(F)c(Cl)nc2Cl)CC1. The highest BCUT2D eigenvalue weighted by Crippen LogP contribution is 2.49. The average Bonchev–Trinajstić information content (AvgIpc) is 2.92. The number of hydrogen-bond donors (Lipinski definition) is 1. The molecule has 0 spiro atoms. The van der Waals surface area contributed by atoms with Gasteiger partial charge in [0.2, 0.25) is 0 Å². The van der Waals surface area contributed by atoms with Crippen molar-refractivity contribution in [1.29, 1.82) is 0 Å².